The second kappa shape index (κ2) is 4.79. The zero-order chi connectivity index (χ0) is 13.4. The van der Waals surface area contributed by atoms with Crippen LogP contribution in [0, 0.1) is 0 Å². The summed E-state index contributed by atoms with van der Waals surface area (Å²) in [5.41, 5.74) is 6.07. The Bertz CT molecular complexity index is 602. The summed E-state index contributed by atoms with van der Waals surface area (Å²) >= 11 is 0. The van der Waals surface area contributed by atoms with Crippen molar-refractivity contribution in [3.63, 3.8) is 0 Å². The molecule has 0 radical (unpaired) electrons. The number of benzene rings is 2. The van der Waals surface area contributed by atoms with Crippen molar-refractivity contribution in [1.29, 1.82) is 0 Å². The van der Waals surface area contributed by atoms with Gasteiger partial charge in [-0.1, -0.05) is 72.8 Å². The molecular weight excluding hydrogens is 240 g/mol. The molecule has 0 heteroatoms. The SMILES string of the molecule is C1=C2C(=CC1)[C@H](c1ccccc1)C[C@H]2c1ccccc1. The molecule has 0 spiro atoms. The van der Waals surface area contributed by atoms with Gasteiger partial charge in [-0.15, -0.1) is 0 Å². The molecule has 0 heterocycles. The van der Waals surface area contributed by atoms with E-state index in [-0.39, 0.29) is 0 Å². The highest BCUT2D eigenvalue weighted by Gasteiger charge is 2.36. The number of rotatable bonds is 2. The molecule has 0 aliphatic heterocycles. The predicted octanol–water partition coefficient (Wildman–Crippen LogP) is 5.21. The average molecular weight is 258 g/mol. The first-order chi connectivity index (χ1) is 9.93. The van der Waals surface area contributed by atoms with E-state index in [0.29, 0.717) is 11.8 Å². The van der Waals surface area contributed by atoms with Crippen molar-refractivity contribution in [3.05, 3.63) is 95.1 Å². The van der Waals surface area contributed by atoms with Crippen LogP contribution in [0.15, 0.2) is 84.0 Å². The Hall–Kier alpha value is -2.08. The molecule has 20 heavy (non-hydrogen) atoms. The Labute approximate surface area is 120 Å². The van der Waals surface area contributed by atoms with E-state index in [9.17, 15) is 0 Å². The third kappa shape index (κ3) is 1.84. The number of fused-ring (bicyclic) bond motifs is 1. The lowest BCUT2D eigenvalue weighted by Gasteiger charge is -2.12. The van der Waals surface area contributed by atoms with E-state index in [0.717, 1.165) is 6.42 Å². The summed E-state index contributed by atoms with van der Waals surface area (Å²) in [6, 6.07) is 21.9. The maximum absolute atomic E-state index is 2.43. The molecule has 0 saturated heterocycles. The second-order valence-electron chi connectivity index (χ2n) is 5.72. The highest BCUT2D eigenvalue weighted by molar-refractivity contribution is 5.55. The fourth-order valence-electron chi connectivity index (χ4n) is 3.73. The van der Waals surface area contributed by atoms with Crippen LogP contribution in [0.25, 0.3) is 0 Å². The van der Waals surface area contributed by atoms with Crippen molar-refractivity contribution in [2.24, 2.45) is 0 Å². The van der Waals surface area contributed by atoms with E-state index in [2.05, 4.69) is 72.8 Å². The van der Waals surface area contributed by atoms with Crippen LogP contribution < -0.4 is 0 Å². The first kappa shape index (κ1) is 11.7. The molecular formula is C20H18. The van der Waals surface area contributed by atoms with Crippen molar-refractivity contribution >= 4 is 0 Å². The third-order valence-corrected chi connectivity index (χ3v) is 4.63. The van der Waals surface area contributed by atoms with Gasteiger partial charge < -0.3 is 0 Å². The minimum Gasteiger partial charge on any atom is -0.0766 e. The molecule has 2 aliphatic carbocycles. The molecule has 0 aromatic heterocycles. The van der Waals surface area contributed by atoms with Crippen LogP contribution in [-0.4, -0.2) is 0 Å². The van der Waals surface area contributed by atoms with Crippen LogP contribution in [0.1, 0.15) is 35.8 Å². The second-order valence-corrected chi connectivity index (χ2v) is 5.72. The van der Waals surface area contributed by atoms with E-state index < -0.39 is 0 Å². The Morgan fingerprint density at radius 2 is 1.05 bits per heavy atom. The Morgan fingerprint density at radius 1 is 0.600 bits per heavy atom. The van der Waals surface area contributed by atoms with Crippen LogP contribution in [0.2, 0.25) is 0 Å². The Balaban J connectivity index is 1.74. The van der Waals surface area contributed by atoms with Crippen LogP contribution in [0.5, 0.6) is 0 Å². The maximum atomic E-state index is 2.43. The number of allylic oxidation sites excluding steroid dienone is 4. The van der Waals surface area contributed by atoms with E-state index >= 15 is 0 Å². The molecule has 2 atom stereocenters. The summed E-state index contributed by atoms with van der Waals surface area (Å²) < 4.78 is 0. The van der Waals surface area contributed by atoms with Crippen molar-refractivity contribution in [1.82, 2.24) is 0 Å². The molecule has 2 aliphatic rings. The van der Waals surface area contributed by atoms with Gasteiger partial charge in [-0.25, -0.2) is 0 Å². The quantitative estimate of drug-likeness (QED) is 0.693. The standard InChI is InChI=1S/C20H18/c1-3-8-15(9-4-1)19-14-20(16-10-5-2-6-11-16)18-13-7-12-17(18)19/h1-6,8-13,19-20H,7,14H2/t19-,20-/m0/s1. The first-order valence-electron chi connectivity index (χ1n) is 7.44. The lowest BCUT2D eigenvalue weighted by atomic mass is 9.91. The Kier molecular flexibility index (Phi) is 2.81. The molecule has 0 unspecified atom stereocenters. The molecule has 0 bridgehead atoms. The van der Waals surface area contributed by atoms with Crippen molar-refractivity contribution < 1.29 is 0 Å². The van der Waals surface area contributed by atoms with Gasteiger partial charge >= 0.3 is 0 Å². The minimum atomic E-state index is 0.579. The smallest absolute Gasteiger partial charge is 0.00981 e. The normalized spacial score (nSPS) is 24.2. The van der Waals surface area contributed by atoms with Gasteiger partial charge in [0.05, 0.1) is 0 Å². The highest BCUT2D eigenvalue weighted by Crippen LogP contribution is 2.53. The molecule has 0 nitrogen and oxygen atoms in total. The van der Waals surface area contributed by atoms with Crippen LogP contribution in [0.4, 0.5) is 0 Å². The van der Waals surface area contributed by atoms with Crippen molar-refractivity contribution in [2.75, 3.05) is 0 Å². The molecule has 0 amide bonds. The van der Waals surface area contributed by atoms with E-state index in [1.165, 1.54) is 17.5 Å². The zero-order valence-electron chi connectivity index (χ0n) is 11.5. The van der Waals surface area contributed by atoms with Crippen molar-refractivity contribution in [3.8, 4) is 0 Å². The maximum Gasteiger partial charge on any atom is 0.00981 e. The van der Waals surface area contributed by atoms with Gasteiger partial charge in [0.25, 0.3) is 0 Å². The molecule has 2 aromatic rings. The van der Waals surface area contributed by atoms with Crippen LogP contribution in [-0.2, 0) is 0 Å². The molecule has 1 saturated carbocycles. The minimum absolute atomic E-state index is 0.579. The molecule has 0 N–H and O–H groups in total. The lowest BCUT2D eigenvalue weighted by molar-refractivity contribution is 0.722. The lowest BCUT2D eigenvalue weighted by Crippen LogP contribution is -1.96. The summed E-state index contributed by atoms with van der Waals surface area (Å²) in [6.07, 6.45) is 7.18. The van der Waals surface area contributed by atoms with Crippen LogP contribution in [0.3, 0.4) is 0 Å². The van der Waals surface area contributed by atoms with Gasteiger partial charge in [0.15, 0.2) is 0 Å². The highest BCUT2D eigenvalue weighted by atomic mass is 14.4. The van der Waals surface area contributed by atoms with Crippen molar-refractivity contribution in [2.45, 2.75) is 24.7 Å². The van der Waals surface area contributed by atoms with E-state index in [1.807, 2.05) is 0 Å². The Morgan fingerprint density at radius 3 is 1.50 bits per heavy atom. The van der Waals surface area contributed by atoms with E-state index in [4.69, 9.17) is 0 Å². The molecule has 4 rings (SSSR count). The van der Waals surface area contributed by atoms with Gasteiger partial charge in [0.1, 0.15) is 0 Å². The average Bonchev–Trinajstić information content (AvgIpc) is 3.11. The first-order valence-corrected chi connectivity index (χ1v) is 7.44. The summed E-state index contributed by atoms with van der Waals surface area (Å²) in [7, 11) is 0. The van der Waals surface area contributed by atoms with Gasteiger partial charge in [-0.3, -0.25) is 0 Å². The summed E-state index contributed by atoms with van der Waals surface area (Å²) in [5.74, 6) is 1.16. The zero-order valence-corrected chi connectivity index (χ0v) is 11.5. The molecule has 2 aromatic carbocycles. The van der Waals surface area contributed by atoms with Gasteiger partial charge in [0.2, 0.25) is 0 Å². The molecule has 98 valence electrons. The van der Waals surface area contributed by atoms with Gasteiger partial charge in [-0.05, 0) is 35.1 Å². The van der Waals surface area contributed by atoms with Crippen LogP contribution >= 0.6 is 0 Å². The third-order valence-electron chi connectivity index (χ3n) is 4.63. The predicted molar refractivity (Wildman–Crippen MR) is 83.8 cm³/mol. The summed E-state index contributed by atoms with van der Waals surface area (Å²) in [6.45, 7) is 0. The van der Waals surface area contributed by atoms with Gasteiger partial charge in [0, 0.05) is 11.8 Å². The van der Waals surface area contributed by atoms with Gasteiger partial charge in [-0.2, -0.15) is 0 Å². The number of hydrogen-bond acceptors (Lipinski definition) is 0. The monoisotopic (exact) mass is 258 g/mol. The topological polar surface area (TPSA) is 0 Å². The molecule has 1 fully saturated rings. The largest absolute Gasteiger partial charge is 0.0766 e. The summed E-state index contributed by atoms with van der Waals surface area (Å²) in [5, 5.41) is 0. The fourth-order valence-corrected chi connectivity index (χ4v) is 3.73. The summed E-state index contributed by atoms with van der Waals surface area (Å²) in [4.78, 5) is 0. The number of hydrogen-bond donors (Lipinski definition) is 0. The van der Waals surface area contributed by atoms with E-state index in [1.54, 1.807) is 11.1 Å². The fraction of sp³-hybridized carbons (Fsp3) is 0.200.